The molecule has 1 aromatic rings. The first-order valence-electron chi connectivity index (χ1n) is 6.55. The summed E-state index contributed by atoms with van der Waals surface area (Å²) in [6.45, 7) is 5.60. The van der Waals surface area contributed by atoms with Gasteiger partial charge in [0.25, 0.3) is 0 Å². The Balaban J connectivity index is 2.40. The van der Waals surface area contributed by atoms with E-state index in [-0.39, 0.29) is 12.6 Å². The molecule has 0 spiro atoms. The highest BCUT2D eigenvalue weighted by atomic mass is 16.6. The number of nitrogens with zero attached hydrogens (tertiary/aromatic N) is 1. The van der Waals surface area contributed by atoms with E-state index in [0.29, 0.717) is 0 Å². The quantitative estimate of drug-likeness (QED) is 0.922. The first-order valence-corrected chi connectivity index (χ1v) is 6.55. The van der Waals surface area contributed by atoms with Crippen LogP contribution in [-0.4, -0.2) is 34.7 Å². The molecule has 0 unspecified atom stereocenters. The first-order chi connectivity index (χ1) is 9.32. The van der Waals surface area contributed by atoms with Gasteiger partial charge in [-0.3, -0.25) is 4.90 Å². The Morgan fingerprint density at radius 3 is 2.45 bits per heavy atom. The maximum absolute atomic E-state index is 12.0. The summed E-state index contributed by atoms with van der Waals surface area (Å²) < 4.78 is 5.08. The summed E-state index contributed by atoms with van der Waals surface area (Å²) in [4.78, 5) is 24.9. The van der Waals surface area contributed by atoms with Crippen LogP contribution in [0.1, 0.15) is 32.4 Å². The van der Waals surface area contributed by atoms with Crippen molar-refractivity contribution >= 4 is 12.1 Å². The van der Waals surface area contributed by atoms with Crippen LogP contribution >= 0.6 is 0 Å². The summed E-state index contributed by atoms with van der Waals surface area (Å²) in [5, 5.41) is 9.50. The zero-order chi connectivity index (χ0) is 14.9. The highest BCUT2D eigenvalue weighted by Gasteiger charge is 2.47. The van der Waals surface area contributed by atoms with Crippen molar-refractivity contribution in [3.63, 3.8) is 0 Å². The zero-order valence-electron chi connectivity index (χ0n) is 11.9. The summed E-state index contributed by atoms with van der Waals surface area (Å²) >= 11 is 0. The van der Waals surface area contributed by atoms with Crippen molar-refractivity contribution in [3.8, 4) is 0 Å². The van der Waals surface area contributed by atoms with E-state index in [0.717, 1.165) is 5.56 Å². The van der Waals surface area contributed by atoms with Gasteiger partial charge in [-0.1, -0.05) is 51.1 Å². The Hall–Kier alpha value is -2.04. The number of rotatable bonds is 3. The van der Waals surface area contributed by atoms with Crippen LogP contribution in [0.15, 0.2) is 30.3 Å². The Bertz CT molecular complexity index is 506. The van der Waals surface area contributed by atoms with E-state index in [2.05, 4.69) is 0 Å². The van der Waals surface area contributed by atoms with Gasteiger partial charge in [-0.15, -0.1) is 0 Å². The average molecular weight is 277 g/mol. The Labute approximate surface area is 118 Å². The molecule has 1 N–H and O–H groups in total. The highest BCUT2D eigenvalue weighted by Crippen LogP contribution is 2.36. The molecule has 0 radical (unpaired) electrons. The van der Waals surface area contributed by atoms with E-state index in [4.69, 9.17) is 4.74 Å². The lowest BCUT2D eigenvalue weighted by molar-refractivity contribution is -0.146. The topological polar surface area (TPSA) is 66.8 Å². The van der Waals surface area contributed by atoms with Gasteiger partial charge in [-0.05, 0) is 11.0 Å². The van der Waals surface area contributed by atoms with Crippen LogP contribution in [0.4, 0.5) is 4.79 Å². The Morgan fingerprint density at radius 1 is 1.35 bits per heavy atom. The molecule has 0 bridgehead atoms. The number of benzene rings is 1. The summed E-state index contributed by atoms with van der Waals surface area (Å²) in [6, 6.07) is 8.07. The second-order valence-corrected chi connectivity index (χ2v) is 6.02. The largest absolute Gasteiger partial charge is 0.480 e. The SMILES string of the molecule is CC(C)(C)[C@H](C(=O)O)N1C(=O)OC[C@H]1c1ccccc1. The number of cyclic esters (lactones) is 1. The van der Waals surface area contributed by atoms with E-state index in [1.807, 2.05) is 30.3 Å². The molecule has 5 heteroatoms. The van der Waals surface area contributed by atoms with E-state index < -0.39 is 23.5 Å². The van der Waals surface area contributed by atoms with Crippen molar-refractivity contribution in [3.05, 3.63) is 35.9 Å². The van der Waals surface area contributed by atoms with Crippen LogP contribution in [0.25, 0.3) is 0 Å². The lowest BCUT2D eigenvalue weighted by Crippen LogP contribution is -2.50. The van der Waals surface area contributed by atoms with Gasteiger partial charge in [0.15, 0.2) is 0 Å². The molecule has 2 rings (SSSR count). The van der Waals surface area contributed by atoms with Gasteiger partial charge in [0, 0.05) is 0 Å². The minimum atomic E-state index is -1.02. The van der Waals surface area contributed by atoms with Gasteiger partial charge in [0.1, 0.15) is 12.6 Å². The second kappa shape index (κ2) is 5.15. The molecule has 1 aliphatic heterocycles. The van der Waals surface area contributed by atoms with Gasteiger partial charge in [-0.2, -0.15) is 0 Å². The van der Waals surface area contributed by atoms with Crippen molar-refractivity contribution in [2.24, 2.45) is 5.41 Å². The first kappa shape index (κ1) is 14.4. The molecule has 1 saturated heterocycles. The van der Waals surface area contributed by atoms with Gasteiger partial charge in [0.05, 0.1) is 6.04 Å². The number of hydrogen-bond acceptors (Lipinski definition) is 3. The zero-order valence-corrected chi connectivity index (χ0v) is 11.9. The van der Waals surface area contributed by atoms with Crippen molar-refractivity contribution in [1.29, 1.82) is 0 Å². The number of amides is 1. The molecule has 108 valence electrons. The standard InChI is InChI=1S/C15H19NO4/c1-15(2,3)12(13(17)18)16-11(9-20-14(16)19)10-7-5-4-6-8-10/h4-8,11-12H,9H2,1-3H3,(H,17,18)/t11-,12-/m0/s1. The third-order valence-corrected chi connectivity index (χ3v) is 3.43. The minimum absolute atomic E-state index is 0.183. The van der Waals surface area contributed by atoms with Crippen LogP contribution in [0.2, 0.25) is 0 Å². The van der Waals surface area contributed by atoms with Crippen molar-refractivity contribution in [2.45, 2.75) is 32.9 Å². The van der Waals surface area contributed by atoms with Crippen molar-refractivity contribution < 1.29 is 19.4 Å². The molecular weight excluding hydrogens is 258 g/mol. The van der Waals surface area contributed by atoms with E-state index >= 15 is 0 Å². The number of carboxylic acids is 1. The normalized spacial score (nSPS) is 20.6. The minimum Gasteiger partial charge on any atom is -0.480 e. The molecule has 1 fully saturated rings. The number of hydrogen-bond donors (Lipinski definition) is 1. The fourth-order valence-electron chi connectivity index (χ4n) is 2.56. The fraction of sp³-hybridized carbons (Fsp3) is 0.467. The Morgan fingerprint density at radius 2 is 1.95 bits per heavy atom. The molecule has 1 aromatic carbocycles. The summed E-state index contributed by atoms with van der Waals surface area (Å²) in [6.07, 6.45) is -0.568. The molecule has 0 aliphatic carbocycles. The smallest absolute Gasteiger partial charge is 0.411 e. The molecule has 1 aliphatic rings. The number of carboxylic acid groups (broad SMARTS) is 1. The predicted octanol–water partition coefficient (Wildman–Crippen LogP) is 2.68. The van der Waals surface area contributed by atoms with Crippen molar-refractivity contribution in [1.82, 2.24) is 4.90 Å². The Kier molecular flexibility index (Phi) is 3.70. The van der Waals surface area contributed by atoms with Crippen LogP contribution in [0.3, 0.4) is 0 Å². The maximum Gasteiger partial charge on any atom is 0.411 e. The van der Waals surface area contributed by atoms with Gasteiger partial charge >= 0.3 is 12.1 Å². The molecule has 0 aromatic heterocycles. The number of ether oxygens (including phenoxy) is 1. The second-order valence-electron chi connectivity index (χ2n) is 6.02. The van der Waals surface area contributed by atoms with Crippen LogP contribution < -0.4 is 0 Å². The van der Waals surface area contributed by atoms with Crippen molar-refractivity contribution in [2.75, 3.05) is 6.61 Å². The third-order valence-electron chi connectivity index (χ3n) is 3.43. The molecule has 5 nitrogen and oxygen atoms in total. The number of carbonyl (C=O) groups is 2. The van der Waals surface area contributed by atoms with E-state index in [1.54, 1.807) is 20.8 Å². The number of carbonyl (C=O) groups excluding carboxylic acids is 1. The summed E-state index contributed by atoms with van der Waals surface area (Å²) in [5.74, 6) is -1.02. The number of aliphatic carboxylic acids is 1. The molecular formula is C15H19NO4. The van der Waals surface area contributed by atoms with Gasteiger partial charge < -0.3 is 9.84 Å². The molecule has 0 saturated carbocycles. The highest BCUT2D eigenvalue weighted by molar-refractivity contribution is 5.82. The van der Waals surface area contributed by atoms with Gasteiger partial charge in [0.2, 0.25) is 0 Å². The lowest BCUT2D eigenvalue weighted by atomic mass is 9.84. The monoisotopic (exact) mass is 277 g/mol. The average Bonchev–Trinajstić information content (AvgIpc) is 2.71. The molecule has 1 amide bonds. The van der Waals surface area contributed by atoms with E-state index in [1.165, 1.54) is 4.90 Å². The lowest BCUT2D eigenvalue weighted by Gasteiger charge is -2.36. The fourth-order valence-corrected chi connectivity index (χ4v) is 2.56. The summed E-state index contributed by atoms with van der Waals surface area (Å²) in [7, 11) is 0. The van der Waals surface area contributed by atoms with Crippen LogP contribution in [-0.2, 0) is 9.53 Å². The molecule has 2 atom stereocenters. The predicted molar refractivity (Wildman–Crippen MR) is 73.2 cm³/mol. The maximum atomic E-state index is 12.0. The van der Waals surface area contributed by atoms with E-state index in [9.17, 15) is 14.7 Å². The van der Waals surface area contributed by atoms with Gasteiger partial charge in [-0.25, -0.2) is 9.59 Å². The van der Waals surface area contributed by atoms with Crippen LogP contribution in [0.5, 0.6) is 0 Å². The molecule has 20 heavy (non-hydrogen) atoms. The molecule has 1 heterocycles. The van der Waals surface area contributed by atoms with Crippen LogP contribution in [0, 0.1) is 5.41 Å². The third kappa shape index (κ3) is 2.61. The summed E-state index contributed by atoms with van der Waals surface area (Å²) in [5.41, 5.74) is 0.302.